The fourth-order valence-electron chi connectivity index (χ4n) is 1.81. The highest BCUT2D eigenvalue weighted by Gasteiger charge is 2.31. The largest absolute Gasteiger partial charge is 0.480 e. The third-order valence-electron chi connectivity index (χ3n) is 3.20. The smallest absolute Gasteiger partial charge is 0.234 e. The van der Waals surface area contributed by atoms with Crippen molar-refractivity contribution in [2.75, 3.05) is 20.2 Å². The molecule has 1 saturated heterocycles. The maximum atomic E-state index is 5.70. The van der Waals surface area contributed by atoms with Gasteiger partial charge in [-0.05, 0) is 13.3 Å². The van der Waals surface area contributed by atoms with Crippen molar-refractivity contribution < 1.29 is 9.47 Å². The molecule has 0 radical (unpaired) electrons. The minimum atomic E-state index is 0.242. The molecule has 0 bridgehead atoms. The van der Waals surface area contributed by atoms with Crippen LogP contribution in [0.5, 0.6) is 11.8 Å². The number of nitrogens with zero attached hydrogens (tertiary/aromatic N) is 3. The second kappa shape index (κ2) is 5.31. The zero-order chi connectivity index (χ0) is 12.3. The van der Waals surface area contributed by atoms with Crippen LogP contribution in [0.2, 0.25) is 0 Å². The molecule has 94 valence electrons. The topological polar surface area (TPSA) is 47.5 Å². The van der Waals surface area contributed by atoms with Gasteiger partial charge in [-0.1, -0.05) is 6.92 Å². The number of ether oxygens (including phenoxy) is 2. The second-order valence-corrected chi connectivity index (χ2v) is 4.36. The molecule has 1 aromatic rings. The van der Waals surface area contributed by atoms with Crippen molar-refractivity contribution in [2.24, 2.45) is 0 Å². The monoisotopic (exact) mass is 237 g/mol. The predicted octanol–water partition coefficient (Wildman–Crippen LogP) is 1.35. The summed E-state index contributed by atoms with van der Waals surface area (Å²) in [6.07, 6.45) is 1.42. The van der Waals surface area contributed by atoms with Crippen LogP contribution in [0.15, 0.2) is 12.1 Å². The van der Waals surface area contributed by atoms with Gasteiger partial charge >= 0.3 is 0 Å². The summed E-state index contributed by atoms with van der Waals surface area (Å²) in [4.78, 5) is 2.40. The van der Waals surface area contributed by atoms with Crippen molar-refractivity contribution in [3.63, 3.8) is 0 Å². The lowest BCUT2D eigenvalue weighted by Gasteiger charge is -2.42. The molecule has 0 spiro atoms. The Morgan fingerprint density at radius 3 is 2.53 bits per heavy atom. The molecular weight excluding hydrogens is 218 g/mol. The van der Waals surface area contributed by atoms with E-state index < -0.39 is 0 Å². The highest BCUT2D eigenvalue weighted by molar-refractivity contribution is 5.15. The van der Waals surface area contributed by atoms with E-state index in [4.69, 9.17) is 9.47 Å². The molecule has 0 aliphatic carbocycles. The molecule has 17 heavy (non-hydrogen) atoms. The summed E-state index contributed by atoms with van der Waals surface area (Å²) < 4.78 is 10.6. The first-order valence-electron chi connectivity index (χ1n) is 6.01. The van der Waals surface area contributed by atoms with Crippen LogP contribution < -0.4 is 9.47 Å². The van der Waals surface area contributed by atoms with Crippen LogP contribution in [0.25, 0.3) is 0 Å². The van der Waals surface area contributed by atoms with Gasteiger partial charge in [0.25, 0.3) is 0 Å². The third-order valence-corrected chi connectivity index (χ3v) is 3.20. The lowest BCUT2D eigenvalue weighted by molar-refractivity contribution is -0.00816. The summed E-state index contributed by atoms with van der Waals surface area (Å²) >= 11 is 0. The standard InChI is InChI=1S/C12H19N3O2/c1-4-9(2)15-7-10(8-15)17-12-6-5-11(16-3)13-14-12/h5-6,9-10H,4,7-8H2,1-3H3. The van der Waals surface area contributed by atoms with Crippen LogP contribution >= 0.6 is 0 Å². The van der Waals surface area contributed by atoms with E-state index in [1.807, 2.05) is 0 Å². The highest BCUT2D eigenvalue weighted by Crippen LogP contribution is 2.19. The normalized spacial score (nSPS) is 18.5. The number of hydrogen-bond acceptors (Lipinski definition) is 5. The van der Waals surface area contributed by atoms with Crippen LogP contribution in [-0.2, 0) is 0 Å². The van der Waals surface area contributed by atoms with E-state index in [1.165, 1.54) is 6.42 Å². The highest BCUT2D eigenvalue weighted by atomic mass is 16.5. The Morgan fingerprint density at radius 1 is 1.35 bits per heavy atom. The van der Waals surface area contributed by atoms with Crippen molar-refractivity contribution in [3.8, 4) is 11.8 Å². The van der Waals surface area contributed by atoms with Crippen molar-refractivity contribution >= 4 is 0 Å². The van der Waals surface area contributed by atoms with Crippen LogP contribution in [0, 0.1) is 0 Å². The number of methoxy groups -OCH3 is 1. The Hall–Kier alpha value is -1.36. The maximum absolute atomic E-state index is 5.70. The van der Waals surface area contributed by atoms with Gasteiger partial charge in [-0.25, -0.2) is 0 Å². The second-order valence-electron chi connectivity index (χ2n) is 4.36. The number of likely N-dealkylation sites (tertiary alicyclic amines) is 1. The Morgan fingerprint density at radius 2 is 2.00 bits per heavy atom. The molecule has 0 amide bonds. The Labute approximate surface area is 102 Å². The number of aromatic nitrogens is 2. The molecule has 1 aromatic heterocycles. The quantitative estimate of drug-likeness (QED) is 0.773. The van der Waals surface area contributed by atoms with Gasteiger partial charge in [-0.15, -0.1) is 10.2 Å². The summed E-state index contributed by atoms with van der Waals surface area (Å²) in [5, 5.41) is 7.81. The summed E-state index contributed by atoms with van der Waals surface area (Å²) in [6.45, 7) is 6.39. The molecule has 0 N–H and O–H groups in total. The van der Waals surface area contributed by atoms with Gasteiger partial charge < -0.3 is 9.47 Å². The molecule has 1 aliphatic rings. The lowest BCUT2D eigenvalue weighted by Crippen LogP contribution is -2.56. The maximum Gasteiger partial charge on any atom is 0.234 e. The summed E-state index contributed by atoms with van der Waals surface area (Å²) in [6, 6.07) is 4.18. The zero-order valence-electron chi connectivity index (χ0n) is 10.6. The summed E-state index contributed by atoms with van der Waals surface area (Å²) in [7, 11) is 1.57. The van der Waals surface area contributed by atoms with Gasteiger partial charge in [0, 0.05) is 31.3 Å². The zero-order valence-corrected chi connectivity index (χ0v) is 10.6. The first-order valence-corrected chi connectivity index (χ1v) is 6.01. The first-order chi connectivity index (χ1) is 8.22. The molecule has 0 saturated carbocycles. The van der Waals surface area contributed by atoms with Crippen molar-refractivity contribution in [3.05, 3.63) is 12.1 Å². The summed E-state index contributed by atoms with van der Waals surface area (Å²) in [5.41, 5.74) is 0. The van der Waals surface area contributed by atoms with E-state index in [9.17, 15) is 0 Å². The molecule has 2 rings (SSSR count). The van der Waals surface area contributed by atoms with Crippen LogP contribution in [0.4, 0.5) is 0 Å². The molecule has 1 atom stereocenters. The molecule has 5 heteroatoms. The van der Waals surface area contributed by atoms with Crippen LogP contribution in [0.1, 0.15) is 20.3 Å². The van der Waals surface area contributed by atoms with E-state index in [0.717, 1.165) is 13.1 Å². The van der Waals surface area contributed by atoms with E-state index in [0.29, 0.717) is 17.8 Å². The van der Waals surface area contributed by atoms with E-state index in [1.54, 1.807) is 19.2 Å². The van der Waals surface area contributed by atoms with Crippen molar-refractivity contribution in [2.45, 2.75) is 32.4 Å². The number of hydrogen-bond donors (Lipinski definition) is 0. The fraction of sp³-hybridized carbons (Fsp3) is 0.667. The van der Waals surface area contributed by atoms with Gasteiger partial charge in [-0.3, -0.25) is 4.90 Å². The van der Waals surface area contributed by atoms with Crippen LogP contribution in [-0.4, -0.2) is 47.4 Å². The third kappa shape index (κ3) is 2.85. The van der Waals surface area contributed by atoms with E-state index in [2.05, 4.69) is 28.9 Å². The first kappa shape index (κ1) is 12.1. The van der Waals surface area contributed by atoms with E-state index >= 15 is 0 Å². The molecular formula is C12H19N3O2. The minimum absolute atomic E-state index is 0.242. The van der Waals surface area contributed by atoms with Gasteiger partial charge in [0.15, 0.2) is 0 Å². The van der Waals surface area contributed by atoms with Crippen molar-refractivity contribution in [1.82, 2.24) is 15.1 Å². The lowest BCUT2D eigenvalue weighted by atomic mass is 10.1. The van der Waals surface area contributed by atoms with Gasteiger partial charge in [-0.2, -0.15) is 0 Å². The molecule has 5 nitrogen and oxygen atoms in total. The van der Waals surface area contributed by atoms with E-state index in [-0.39, 0.29) is 6.10 Å². The molecule has 0 aromatic carbocycles. The minimum Gasteiger partial charge on any atom is -0.480 e. The molecule has 2 heterocycles. The SMILES string of the molecule is CCC(C)N1CC(Oc2ccc(OC)nn2)C1. The van der Waals surface area contributed by atoms with Gasteiger partial charge in [0.2, 0.25) is 11.8 Å². The molecule has 1 fully saturated rings. The number of rotatable bonds is 5. The Kier molecular flexibility index (Phi) is 3.78. The summed E-state index contributed by atoms with van der Waals surface area (Å²) in [5.74, 6) is 1.08. The average Bonchev–Trinajstić information content (AvgIpc) is 2.33. The fourth-order valence-corrected chi connectivity index (χ4v) is 1.81. The molecule has 1 unspecified atom stereocenters. The molecule has 1 aliphatic heterocycles. The van der Waals surface area contributed by atoms with Crippen molar-refractivity contribution in [1.29, 1.82) is 0 Å². The predicted molar refractivity (Wildman–Crippen MR) is 64.3 cm³/mol. The Balaban J connectivity index is 1.79. The van der Waals surface area contributed by atoms with Crippen LogP contribution in [0.3, 0.4) is 0 Å². The Bertz CT molecular complexity index is 349. The van der Waals surface area contributed by atoms with Gasteiger partial charge in [0.05, 0.1) is 7.11 Å². The average molecular weight is 237 g/mol. The van der Waals surface area contributed by atoms with Gasteiger partial charge in [0.1, 0.15) is 6.10 Å².